The molecule has 7 heteroatoms. The Labute approximate surface area is 134 Å². The first-order valence-electron chi connectivity index (χ1n) is 6.12. The molecule has 0 atom stereocenters. The van der Waals surface area contributed by atoms with Gasteiger partial charge in [-0.2, -0.15) is 5.10 Å². The minimum atomic E-state index is -0.316. The number of amides is 1. The van der Waals surface area contributed by atoms with Crippen LogP contribution in [0, 0.1) is 3.57 Å². The second-order valence-corrected chi connectivity index (χ2v) is 5.54. The fourth-order valence-electron chi connectivity index (χ4n) is 1.94. The lowest BCUT2D eigenvalue weighted by Crippen LogP contribution is -2.13. The number of anilines is 1. The molecule has 0 radical (unpaired) electrons. The number of methoxy groups -OCH3 is 1. The number of carbonyl (C=O) groups is 1. The maximum absolute atomic E-state index is 12.3. The van der Waals surface area contributed by atoms with Gasteiger partial charge in [0.25, 0.3) is 5.91 Å². The highest BCUT2D eigenvalue weighted by molar-refractivity contribution is 14.1. The van der Waals surface area contributed by atoms with Gasteiger partial charge in [0.1, 0.15) is 11.6 Å². The van der Waals surface area contributed by atoms with Gasteiger partial charge >= 0.3 is 0 Å². The van der Waals surface area contributed by atoms with Crippen LogP contribution < -0.4 is 10.1 Å². The number of ether oxygens (including phenoxy) is 1. The molecule has 106 valence electrons. The van der Waals surface area contributed by atoms with Gasteiger partial charge in [-0.1, -0.05) is 0 Å². The molecule has 0 saturated heterocycles. The van der Waals surface area contributed by atoms with Gasteiger partial charge in [0.05, 0.1) is 12.6 Å². The molecule has 21 heavy (non-hydrogen) atoms. The number of hydrogen-bond acceptors (Lipinski definition) is 4. The topological polar surface area (TPSA) is 79.9 Å². The first-order chi connectivity index (χ1) is 10.2. The number of nitrogens with zero attached hydrogens (tertiary/aromatic N) is 2. The molecule has 1 aromatic carbocycles. The molecule has 2 heterocycles. The van der Waals surface area contributed by atoms with E-state index in [1.165, 1.54) is 0 Å². The molecular formula is C14H11IN4O2. The van der Waals surface area contributed by atoms with Gasteiger partial charge in [-0.3, -0.25) is 9.89 Å². The van der Waals surface area contributed by atoms with Crippen LogP contribution in [0.4, 0.5) is 5.82 Å². The van der Waals surface area contributed by atoms with Gasteiger partial charge in [0.2, 0.25) is 0 Å². The smallest absolute Gasteiger partial charge is 0.277 e. The summed E-state index contributed by atoms with van der Waals surface area (Å²) in [6.07, 6.45) is 1.64. The number of rotatable bonds is 3. The van der Waals surface area contributed by atoms with E-state index in [2.05, 4.69) is 43.1 Å². The van der Waals surface area contributed by atoms with Crippen molar-refractivity contribution in [2.24, 2.45) is 0 Å². The van der Waals surface area contributed by atoms with Gasteiger partial charge in [0, 0.05) is 15.2 Å². The second kappa shape index (κ2) is 5.68. The largest absolute Gasteiger partial charge is 0.497 e. The van der Waals surface area contributed by atoms with E-state index in [-0.39, 0.29) is 5.91 Å². The van der Waals surface area contributed by atoms with Crippen LogP contribution in [0.1, 0.15) is 10.5 Å². The Hall–Kier alpha value is -2.16. The molecule has 0 aliphatic heterocycles. The van der Waals surface area contributed by atoms with Crippen molar-refractivity contribution in [1.82, 2.24) is 15.2 Å². The molecular weight excluding hydrogens is 383 g/mol. The zero-order valence-electron chi connectivity index (χ0n) is 11.1. The summed E-state index contributed by atoms with van der Waals surface area (Å²) in [6.45, 7) is 0. The van der Waals surface area contributed by atoms with Crippen molar-refractivity contribution in [2.75, 3.05) is 12.4 Å². The fraction of sp³-hybridized carbons (Fsp3) is 0.0714. The lowest BCUT2D eigenvalue weighted by atomic mass is 10.2. The maximum atomic E-state index is 12.3. The van der Waals surface area contributed by atoms with E-state index in [0.29, 0.717) is 22.6 Å². The number of hydrogen-bond donors (Lipinski definition) is 2. The standard InChI is InChI=1S/C14H11IN4O2/c1-21-9-2-3-11-10(7-9)13(19-18-11)14(20)17-12-6-8(15)4-5-16-12/h2-7H,1H3,(H,18,19)(H,16,17,20). The summed E-state index contributed by atoms with van der Waals surface area (Å²) >= 11 is 2.16. The number of pyridine rings is 1. The van der Waals surface area contributed by atoms with Crippen molar-refractivity contribution in [3.8, 4) is 5.75 Å². The molecule has 3 rings (SSSR count). The van der Waals surface area contributed by atoms with Crippen LogP contribution in [0.15, 0.2) is 36.5 Å². The molecule has 0 bridgehead atoms. The number of nitrogens with one attached hydrogen (secondary N) is 2. The Morgan fingerprint density at radius 1 is 1.33 bits per heavy atom. The zero-order chi connectivity index (χ0) is 14.8. The highest BCUT2D eigenvalue weighted by Crippen LogP contribution is 2.22. The summed E-state index contributed by atoms with van der Waals surface area (Å²) in [6, 6.07) is 9.04. The third-order valence-corrected chi connectivity index (χ3v) is 3.62. The maximum Gasteiger partial charge on any atom is 0.277 e. The molecule has 3 aromatic rings. The summed E-state index contributed by atoms with van der Waals surface area (Å²) in [7, 11) is 1.58. The molecule has 1 amide bonds. The normalized spacial score (nSPS) is 10.6. The van der Waals surface area contributed by atoms with E-state index in [0.717, 1.165) is 9.09 Å². The van der Waals surface area contributed by atoms with Crippen LogP contribution >= 0.6 is 22.6 Å². The Morgan fingerprint density at radius 2 is 2.19 bits per heavy atom. The van der Waals surface area contributed by atoms with Gasteiger partial charge in [0.15, 0.2) is 5.69 Å². The molecule has 6 nitrogen and oxygen atoms in total. The van der Waals surface area contributed by atoms with Crippen molar-refractivity contribution in [3.05, 3.63) is 45.8 Å². The number of H-pyrrole nitrogens is 1. The van der Waals surface area contributed by atoms with E-state index in [1.54, 1.807) is 25.4 Å². The minimum absolute atomic E-state index is 0.310. The Bertz CT molecular complexity index is 816. The SMILES string of the molecule is COc1ccc2[nH]nc(C(=O)Nc3cc(I)ccn3)c2c1. The average Bonchev–Trinajstić information content (AvgIpc) is 2.90. The van der Waals surface area contributed by atoms with Crippen molar-refractivity contribution in [1.29, 1.82) is 0 Å². The average molecular weight is 394 g/mol. The Kier molecular flexibility index (Phi) is 3.74. The number of fused-ring (bicyclic) bond motifs is 1. The highest BCUT2D eigenvalue weighted by Gasteiger charge is 2.15. The van der Waals surface area contributed by atoms with E-state index >= 15 is 0 Å². The molecule has 0 saturated carbocycles. The predicted molar refractivity (Wildman–Crippen MR) is 87.6 cm³/mol. The van der Waals surface area contributed by atoms with E-state index in [1.807, 2.05) is 18.2 Å². The van der Waals surface area contributed by atoms with Crippen molar-refractivity contribution < 1.29 is 9.53 Å². The summed E-state index contributed by atoms with van der Waals surface area (Å²) in [5.41, 5.74) is 1.08. The summed E-state index contributed by atoms with van der Waals surface area (Å²) in [5.74, 6) is 0.847. The van der Waals surface area contributed by atoms with Crippen LogP contribution in [-0.2, 0) is 0 Å². The quantitative estimate of drug-likeness (QED) is 0.670. The van der Waals surface area contributed by atoms with Crippen LogP contribution in [0.5, 0.6) is 5.75 Å². The second-order valence-electron chi connectivity index (χ2n) is 4.30. The van der Waals surface area contributed by atoms with Crippen LogP contribution in [-0.4, -0.2) is 28.2 Å². The Balaban J connectivity index is 1.94. The summed E-state index contributed by atoms with van der Waals surface area (Å²) in [4.78, 5) is 16.4. The number of carbonyl (C=O) groups excluding carboxylic acids is 1. The van der Waals surface area contributed by atoms with E-state index in [9.17, 15) is 4.79 Å². The molecule has 0 unspecified atom stereocenters. The monoisotopic (exact) mass is 394 g/mol. The molecule has 0 aliphatic carbocycles. The van der Waals surface area contributed by atoms with Crippen molar-refractivity contribution in [3.63, 3.8) is 0 Å². The third-order valence-electron chi connectivity index (χ3n) is 2.95. The van der Waals surface area contributed by atoms with Gasteiger partial charge in [-0.15, -0.1) is 0 Å². The molecule has 0 aliphatic rings. The van der Waals surface area contributed by atoms with E-state index < -0.39 is 0 Å². The first kappa shape index (κ1) is 13.8. The molecule has 2 N–H and O–H groups in total. The van der Waals surface area contributed by atoms with Gasteiger partial charge in [-0.25, -0.2) is 4.98 Å². The number of benzene rings is 1. The lowest BCUT2D eigenvalue weighted by Gasteiger charge is -2.03. The molecule has 0 spiro atoms. The van der Waals surface area contributed by atoms with Gasteiger partial charge < -0.3 is 10.1 Å². The first-order valence-corrected chi connectivity index (χ1v) is 7.20. The highest BCUT2D eigenvalue weighted by atomic mass is 127. The van der Waals surface area contributed by atoms with E-state index in [4.69, 9.17) is 4.74 Å². The van der Waals surface area contributed by atoms with Crippen LogP contribution in [0.3, 0.4) is 0 Å². The van der Waals surface area contributed by atoms with Crippen molar-refractivity contribution >= 4 is 45.2 Å². The molecule has 2 aromatic heterocycles. The molecule has 0 fully saturated rings. The van der Waals surface area contributed by atoms with Crippen molar-refractivity contribution in [2.45, 2.75) is 0 Å². The van der Waals surface area contributed by atoms with Crippen LogP contribution in [0.2, 0.25) is 0 Å². The Morgan fingerprint density at radius 3 is 2.95 bits per heavy atom. The number of aromatic amines is 1. The number of halogens is 1. The van der Waals surface area contributed by atoms with Gasteiger partial charge in [-0.05, 0) is 52.9 Å². The predicted octanol–water partition coefficient (Wildman–Crippen LogP) is 2.82. The third kappa shape index (κ3) is 2.82. The van der Waals surface area contributed by atoms with Crippen LogP contribution in [0.25, 0.3) is 10.9 Å². The fourth-order valence-corrected chi connectivity index (χ4v) is 2.40. The minimum Gasteiger partial charge on any atom is -0.497 e. The summed E-state index contributed by atoms with van der Waals surface area (Å²) < 4.78 is 6.17. The number of aromatic nitrogens is 3. The lowest BCUT2D eigenvalue weighted by molar-refractivity contribution is 0.102. The summed E-state index contributed by atoms with van der Waals surface area (Å²) in [5, 5.41) is 10.3. The zero-order valence-corrected chi connectivity index (χ0v) is 13.2.